The number of fused-ring (bicyclic) bond motifs is 2. The van der Waals surface area contributed by atoms with E-state index in [0.717, 1.165) is 31.8 Å². The Morgan fingerprint density at radius 2 is 1.52 bits per heavy atom. The fraction of sp³-hybridized carbons (Fsp3) is 0.542. The molecule has 0 unspecified atom stereocenters. The maximum atomic E-state index is 13.3. The van der Waals surface area contributed by atoms with Crippen LogP contribution < -0.4 is 21.5 Å². The summed E-state index contributed by atoms with van der Waals surface area (Å²) in [6.45, 7) is 10.1. The van der Waals surface area contributed by atoms with E-state index in [-0.39, 0.29) is 28.5 Å². The summed E-state index contributed by atoms with van der Waals surface area (Å²) in [5.74, 6) is 1.39. The highest BCUT2D eigenvalue weighted by atomic mass is 79.9. The third-order valence-corrected chi connectivity index (χ3v) is 5.67. The standard InChI is InChI=1S/C24H33N2O2.BrH/c1-5-6-7-8-9-12-15-25-18(4)26(16-17(2)3)22-21(25)23(27)19-13-10-11-14-20(19)24(22)28;/h10-11,13-14,17H,5-9,12,15-16H2,1-4H3;1H/q+1;/p-1. The van der Waals surface area contributed by atoms with Crippen LogP contribution in [0.25, 0.3) is 0 Å². The van der Waals surface area contributed by atoms with E-state index in [1.54, 1.807) is 12.1 Å². The van der Waals surface area contributed by atoms with Gasteiger partial charge in [-0.05, 0) is 18.8 Å². The summed E-state index contributed by atoms with van der Waals surface area (Å²) in [5.41, 5.74) is 2.25. The maximum Gasteiger partial charge on any atom is 0.254 e. The second-order valence-corrected chi connectivity index (χ2v) is 8.37. The third kappa shape index (κ3) is 4.71. The first-order valence-corrected chi connectivity index (χ1v) is 10.8. The second-order valence-electron chi connectivity index (χ2n) is 8.37. The van der Waals surface area contributed by atoms with Gasteiger partial charge in [0.25, 0.3) is 5.82 Å². The average molecular weight is 461 g/mol. The molecule has 0 fully saturated rings. The smallest absolute Gasteiger partial charge is 0.254 e. The van der Waals surface area contributed by atoms with Crippen LogP contribution in [0.1, 0.15) is 97.2 Å². The second kappa shape index (κ2) is 10.3. The van der Waals surface area contributed by atoms with Gasteiger partial charge in [0.2, 0.25) is 23.0 Å². The topological polar surface area (TPSA) is 43.0 Å². The van der Waals surface area contributed by atoms with Gasteiger partial charge in [0.05, 0.1) is 13.1 Å². The number of nitrogens with zero attached hydrogens (tertiary/aromatic N) is 2. The Morgan fingerprint density at radius 1 is 0.931 bits per heavy atom. The molecule has 0 atom stereocenters. The van der Waals surface area contributed by atoms with E-state index >= 15 is 0 Å². The fourth-order valence-corrected chi connectivity index (χ4v) is 4.23. The van der Waals surface area contributed by atoms with Crippen molar-refractivity contribution in [2.45, 2.75) is 79.3 Å². The van der Waals surface area contributed by atoms with Crippen LogP contribution in [0.5, 0.6) is 0 Å². The highest BCUT2D eigenvalue weighted by molar-refractivity contribution is 6.26. The van der Waals surface area contributed by atoms with Crippen LogP contribution in [0.3, 0.4) is 0 Å². The molecule has 0 radical (unpaired) electrons. The van der Waals surface area contributed by atoms with Crippen LogP contribution in [-0.2, 0) is 13.1 Å². The van der Waals surface area contributed by atoms with Crippen LogP contribution >= 0.6 is 0 Å². The Labute approximate surface area is 185 Å². The molecule has 0 amide bonds. The van der Waals surface area contributed by atoms with E-state index < -0.39 is 0 Å². The number of unbranched alkanes of at least 4 members (excludes halogenated alkanes) is 5. The zero-order valence-corrected chi connectivity index (χ0v) is 19.7. The van der Waals surface area contributed by atoms with Crippen molar-refractivity contribution in [2.24, 2.45) is 5.92 Å². The van der Waals surface area contributed by atoms with Gasteiger partial charge in [0.15, 0.2) is 0 Å². The van der Waals surface area contributed by atoms with Gasteiger partial charge in [-0.2, -0.15) is 0 Å². The van der Waals surface area contributed by atoms with Gasteiger partial charge in [-0.1, -0.05) is 70.7 Å². The van der Waals surface area contributed by atoms with Crippen LogP contribution in [0.4, 0.5) is 0 Å². The number of imidazole rings is 1. The molecule has 1 aromatic heterocycles. The largest absolute Gasteiger partial charge is 1.00 e. The molecule has 0 aliphatic heterocycles. The minimum Gasteiger partial charge on any atom is -1.00 e. The molecule has 3 rings (SSSR count). The monoisotopic (exact) mass is 460 g/mol. The molecule has 0 saturated heterocycles. The van der Waals surface area contributed by atoms with Crippen molar-refractivity contribution < 1.29 is 31.1 Å². The number of aromatic nitrogens is 2. The molecule has 0 bridgehead atoms. The molecule has 0 spiro atoms. The van der Waals surface area contributed by atoms with E-state index in [2.05, 4.69) is 29.9 Å². The number of carbonyl (C=O) groups is 2. The number of carbonyl (C=O) groups excluding carboxylic acids is 2. The first kappa shape index (κ1) is 23.5. The Morgan fingerprint density at radius 3 is 2.14 bits per heavy atom. The van der Waals surface area contributed by atoms with Crippen molar-refractivity contribution in [3.05, 3.63) is 52.6 Å². The number of hydrogen-bond acceptors (Lipinski definition) is 2. The predicted octanol–water partition coefficient (Wildman–Crippen LogP) is 1.88. The van der Waals surface area contributed by atoms with Gasteiger partial charge in [-0.15, -0.1) is 0 Å². The summed E-state index contributed by atoms with van der Waals surface area (Å²) < 4.78 is 4.18. The molecule has 158 valence electrons. The van der Waals surface area contributed by atoms with Gasteiger partial charge < -0.3 is 17.0 Å². The lowest BCUT2D eigenvalue weighted by Crippen LogP contribution is -3.00. The van der Waals surface area contributed by atoms with Crippen LogP contribution in [0.2, 0.25) is 0 Å². The van der Waals surface area contributed by atoms with Gasteiger partial charge in [-0.3, -0.25) is 9.59 Å². The molecule has 1 aromatic carbocycles. The molecule has 0 N–H and O–H groups in total. The number of hydrogen-bond donors (Lipinski definition) is 0. The van der Waals surface area contributed by atoms with E-state index in [9.17, 15) is 9.59 Å². The van der Waals surface area contributed by atoms with Gasteiger partial charge >= 0.3 is 0 Å². The molecule has 1 aliphatic carbocycles. The summed E-state index contributed by atoms with van der Waals surface area (Å²) in [6, 6.07) is 7.23. The Balaban J connectivity index is 0.00000300. The molecule has 4 nitrogen and oxygen atoms in total. The Bertz CT molecular complexity index is 883. The highest BCUT2D eigenvalue weighted by Crippen LogP contribution is 2.27. The predicted molar refractivity (Wildman–Crippen MR) is 111 cm³/mol. The van der Waals surface area contributed by atoms with Crippen LogP contribution in [0.15, 0.2) is 24.3 Å². The third-order valence-electron chi connectivity index (χ3n) is 5.67. The van der Waals surface area contributed by atoms with Crippen molar-refractivity contribution in [3.63, 3.8) is 0 Å². The van der Waals surface area contributed by atoms with E-state index in [1.165, 1.54) is 25.7 Å². The van der Waals surface area contributed by atoms with Gasteiger partial charge in [0.1, 0.15) is 0 Å². The highest BCUT2D eigenvalue weighted by Gasteiger charge is 2.42. The van der Waals surface area contributed by atoms with Crippen molar-refractivity contribution in [2.75, 3.05) is 0 Å². The van der Waals surface area contributed by atoms with Crippen molar-refractivity contribution in [3.8, 4) is 0 Å². The molecule has 5 heteroatoms. The number of halogens is 1. The first-order chi connectivity index (χ1) is 13.5. The molecule has 29 heavy (non-hydrogen) atoms. The van der Waals surface area contributed by atoms with Gasteiger partial charge in [-0.25, -0.2) is 9.13 Å². The van der Waals surface area contributed by atoms with Crippen molar-refractivity contribution >= 4 is 11.6 Å². The lowest BCUT2D eigenvalue weighted by molar-refractivity contribution is -0.709. The average Bonchev–Trinajstić information content (AvgIpc) is 2.94. The zero-order chi connectivity index (χ0) is 20.3. The summed E-state index contributed by atoms with van der Waals surface area (Å²) in [7, 11) is 0. The fourth-order valence-electron chi connectivity index (χ4n) is 4.23. The minimum absolute atomic E-state index is 0. The molecule has 1 heterocycles. The van der Waals surface area contributed by atoms with Crippen LogP contribution in [-0.4, -0.2) is 16.1 Å². The van der Waals surface area contributed by atoms with Gasteiger partial charge in [0, 0.05) is 18.1 Å². The molecular weight excluding hydrogens is 428 g/mol. The molecule has 0 saturated carbocycles. The van der Waals surface area contributed by atoms with Crippen molar-refractivity contribution in [1.82, 2.24) is 4.57 Å². The number of benzene rings is 1. The minimum atomic E-state index is -0.0179. The summed E-state index contributed by atoms with van der Waals surface area (Å²) in [4.78, 5) is 26.6. The number of rotatable bonds is 9. The summed E-state index contributed by atoms with van der Waals surface area (Å²) in [6.07, 6.45) is 7.24. The first-order valence-electron chi connectivity index (χ1n) is 10.8. The SMILES string of the molecule is CCCCCCCCn1c2c([n+](CC(C)C)c1C)C(=O)c1ccccc1C2=O.[Br-]. The Hall–Kier alpha value is -1.75. The molecule has 2 aromatic rings. The maximum absolute atomic E-state index is 13.3. The number of ketones is 2. The normalized spacial score (nSPS) is 12.7. The zero-order valence-electron chi connectivity index (χ0n) is 18.1. The lowest BCUT2D eigenvalue weighted by atomic mass is 9.89. The quantitative estimate of drug-likeness (QED) is 0.361. The summed E-state index contributed by atoms with van der Waals surface area (Å²) in [5, 5.41) is 0. The van der Waals surface area contributed by atoms with E-state index in [4.69, 9.17) is 0 Å². The molecular formula is C24H33BrN2O2. The summed E-state index contributed by atoms with van der Waals surface area (Å²) >= 11 is 0. The van der Waals surface area contributed by atoms with Crippen LogP contribution in [0, 0.1) is 12.8 Å². The van der Waals surface area contributed by atoms with E-state index in [0.29, 0.717) is 28.4 Å². The lowest BCUT2D eigenvalue weighted by Gasteiger charge is -2.13. The molecule has 1 aliphatic rings. The Kier molecular flexibility index (Phi) is 8.38. The van der Waals surface area contributed by atoms with E-state index in [1.807, 2.05) is 19.1 Å². The van der Waals surface area contributed by atoms with Crippen molar-refractivity contribution in [1.29, 1.82) is 0 Å².